The molecule has 0 saturated carbocycles. The largest absolute Gasteiger partial charge is 0.332 e. The predicted octanol–water partition coefficient (Wildman–Crippen LogP) is 4.07. The average molecular weight is 332 g/mol. The average Bonchev–Trinajstić information content (AvgIpc) is 3.03. The monoisotopic (exact) mass is 332 g/mol. The van der Waals surface area contributed by atoms with Crippen LogP contribution < -0.4 is 10.6 Å². The SMILES string of the molecule is O=C(NC(=S)Nc1ccc2c3c(cccc13)CC2)c1ccccc1. The van der Waals surface area contributed by atoms with Crippen molar-refractivity contribution in [3.63, 3.8) is 0 Å². The first-order valence-electron chi connectivity index (χ1n) is 7.93. The maximum atomic E-state index is 12.2. The normalized spacial score (nSPS) is 12.2. The molecule has 1 amide bonds. The number of rotatable bonds is 2. The Morgan fingerprint density at radius 3 is 2.42 bits per heavy atom. The molecule has 0 aromatic heterocycles. The fourth-order valence-electron chi connectivity index (χ4n) is 3.27. The quantitative estimate of drug-likeness (QED) is 0.695. The number of carbonyl (C=O) groups excluding carboxylic acids is 1. The Morgan fingerprint density at radius 2 is 1.62 bits per heavy atom. The molecule has 118 valence electrons. The molecule has 3 nitrogen and oxygen atoms in total. The van der Waals surface area contributed by atoms with E-state index in [1.165, 1.54) is 16.5 Å². The molecule has 0 radical (unpaired) electrons. The van der Waals surface area contributed by atoms with E-state index < -0.39 is 0 Å². The molecule has 0 atom stereocenters. The van der Waals surface area contributed by atoms with Crippen LogP contribution in [0, 0.1) is 0 Å². The summed E-state index contributed by atoms with van der Waals surface area (Å²) in [6.45, 7) is 0. The van der Waals surface area contributed by atoms with Crippen LogP contribution in [-0.2, 0) is 12.8 Å². The van der Waals surface area contributed by atoms with Crippen LogP contribution in [0.25, 0.3) is 10.8 Å². The van der Waals surface area contributed by atoms with Crippen molar-refractivity contribution in [1.82, 2.24) is 5.32 Å². The molecule has 0 aliphatic heterocycles. The molecule has 2 N–H and O–H groups in total. The lowest BCUT2D eigenvalue weighted by atomic mass is 10.0. The highest BCUT2D eigenvalue weighted by Crippen LogP contribution is 2.34. The Bertz CT molecular complexity index is 940. The van der Waals surface area contributed by atoms with Crippen molar-refractivity contribution < 1.29 is 4.79 Å². The molecule has 1 aliphatic carbocycles. The van der Waals surface area contributed by atoms with Crippen molar-refractivity contribution in [2.75, 3.05) is 5.32 Å². The third-order valence-electron chi connectivity index (χ3n) is 4.39. The molecule has 0 fully saturated rings. The maximum Gasteiger partial charge on any atom is 0.257 e. The van der Waals surface area contributed by atoms with Crippen LogP contribution in [-0.4, -0.2) is 11.0 Å². The summed E-state index contributed by atoms with van der Waals surface area (Å²) in [6, 6.07) is 19.6. The lowest BCUT2D eigenvalue weighted by Crippen LogP contribution is -2.34. The summed E-state index contributed by atoms with van der Waals surface area (Å²) in [5, 5.41) is 8.68. The second-order valence-electron chi connectivity index (χ2n) is 5.89. The highest BCUT2D eigenvalue weighted by Gasteiger charge is 2.16. The van der Waals surface area contributed by atoms with Gasteiger partial charge in [0, 0.05) is 16.6 Å². The molecule has 0 bridgehead atoms. The van der Waals surface area contributed by atoms with Crippen LogP contribution in [0.2, 0.25) is 0 Å². The van der Waals surface area contributed by atoms with Crippen LogP contribution in [0.15, 0.2) is 60.7 Å². The summed E-state index contributed by atoms with van der Waals surface area (Å²) in [5.41, 5.74) is 4.27. The van der Waals surface area contributed by atoms with E-state index in [1.807, 2.05) is 24.3 Å². The molecular weight excluding hydrogens is 316 g/mol. The van der Waals surface area contributed by atoms with Gasteiger partial charge in [-0.3, -0.25) is 10.1 Å². The van der Waals surface area contributed by atoms with Crippen LogP contribution in [0.3, 0.4) is 0 Å². The number of nitrogens with one attached hydrogen (secondary N) is 2. The third-order valence-corrected chi connectivity index (χ3v) is 4.59. The zero-order valence-electron chi connectivity index (χ0n) is 13.0. The lowest BCUT2D eigenvalue weighted by molar-refractivity contribution is 0.0977. The first-order valence-corrected chi connectivity index (χ1v) is 8.34. The molecule has 0 spiro atoms. The molecule has 3 aromatic carbocycles. The highest BCUT2D eigenvalue weighted by atomic mass is 32.1. The molecule has 24 heavy (non-hydrogen) atoms. The molecule has 1 aliphatic rings. The van der Waals surface area contributed by atoms with Gasteiger partial charge in [-0.25, -0.2) is 0 Å². The van der Waals surface area contributed by atoms with E-state index in [0.29, 0.717) is 10.7 Å². The predicted molar refractivity (Wildman–Crippen MR) is 101 cm³/mol. The Kier molecular flexibility index (Phi) is 3.75. The van der Waals surface area contributed by atoms with Gasteiger partial charge in [0.05, 0.1) is 0 Å². The summed E-state index contributed by atoms with van der Waals surface area (Å²) in [7, 11) is 0. The molecule has 0 unspecified atom stereocenters. The second kappa shape index (κ2) is 6.06. The number of hydrogen-bond acceptors (Lipinski definition) is 2. The Labute approximate surface area is 145 Å². The van der Waals surface area contributed by atoms with E-state index in [-0.39, 0.29) is 5.91 Å². The van der Waals surface area contributed by atoms with Gasteiger partial charge in [0.1, 0.15) is 0 Å². The number of hydrogen-bond donors (Lipinski definition) is 2. The number of carbonyl (C=O) groups is 1. The smallest absolute Gasteiger partial charge is 0.257 e. The van der Waals surface area contributed by atoms with E-state index in [1.54, 1.807) is 12.1 Å². The minimum absolute atomic E-state index is 0.209. The van der Waals surface area contributed by atoms with E-state index in [0.717, 1.165) is 23.9 Å². The zero-order valence-corrected chi connectivity index (χ0v) is 13.8. The lowest BCUT2D eigenvalue weighted by Gasteiger charge is -2.13. The van der Waals surface area contributed by atoms with E-state index in [9.17, 15) is 4.79 Å². The first kappa shape index (κ1) is 14.8. The summed E-state index contributed by atoms with van der Waals surface area (Å²) in [4.78, 5) is 12.2. The second-order valence-corrected chi connectivity index (χ2v) is 6.29. The van der Waals surface area contributed by atoms with Crippen molar-refractivity contribution in [2.24, 2.45) is 0 Å². The van der Waals surface area contributed by atoms with Crippen LogP contribution in [0.4, 0.5) is 5.69 Å². The number of thiocarbonyl (C=S) groups is 1. The van der Waals surface area contributed by atoms with Gasteiger partial charge in [0.25, 0.3) is 5.91 Å². The Hall–Kier alpha value is -2.72. The summed E-state index contributed by atoms with van der Waals surface area (Å²) < 4.78 is 0. The molecule has 3 aromatic rings. The van der Waals surface area contributed by atoms with Crippen molar-refractivity contribution in [3.05, 3.63) is 77.4 Å². The highest BCUT2D eigenvalue weighted by molar-refractivity contribution is 7.80. The molecule has 4 heteroatoms. The minimum atomic E-state index is -0.209. The Balaban J connectivity index is 1.57. The Morgan fingerprint density at radius 1 is 0.875 bits per heavy atom. The van der Waals surface area contributed by atoms with Gasteiger partial charge in [-0.2, -0.15) is 0 Å². The van der Waals surface area contributed by atoms with Crippen LogP contribution in [0.1, 0.15) is 21.5 Å². The zero-order chi connectivity index (χ0) is 16.5. The minimum Gasteiger partial charge on any atom is -0.332 e. The summed E-state index contributed by atoms with van der Waals surface area (Å²) in [6.07, 6.45) is 2.18. The fourth-order valence-corrected chi connectivity index (χ4v) is 3.48. The van der Waals surface area contributed by atoms with Crippen molar-refractivity contribution in [2.45, 2.75) is 12.8 Å². The van der Waals surface area contributed by atoms with Gasteiger partial charge in [0.15, 0.2) is 5.11 Å². The fraction of sp³-hybridized carbons (Fsp3) is 0.100. The van der Waals surface area contributed by atoms with Crippen molar-refractivity contribution in [3.8, 4) is 0 Å². The third kappa shape index (κ3) is 2.65. The van der Waals surface area contributed by atoms with E-state index >= 15 is 0 Å². The number of aryl methyl sites for hydroxylation is 2. The van der Waals surface area contributed by atoms with Gasteiger partial charge >= 0.3 is 0 Å². The summed E-state index contributed by atoms with van der Waals surface area (Å²) >= 11 is 5.31. The van der Waals surface area contributed by atoms with E-state index in [2.05, 4.69) is 34.9 Å². The van der Waals surface area contributed by atoms with Gasteiger partial charge < -0.3 is 5.32 Å². The van der Waals surface area contributed by atoms with Gasteiger partial charge in [0.2, 0.25) is 0 Å². The van der Waals surface area contributed by atoms with E-state index in [4.69, 9.17) is 12.2 Å². The molecule has 0 saturated heterocycles. The molecular formula is C20H16N2OS. The van der Waals surface area contributed by atoms with Crippen LogP contribution >= 0.6 is 12.2 Å². The van der Waals surface area contributed by atoms with Crippen LogP contribution in [0.5, 0.6) is 0 Å². The van der Waals surface area contributed by atoms with Gasteiger partial charge in [-0.05, 0) is 59.8 Å². The molecule has 0 heterocycles. The standard InChI is InChI=1S/C20H16N2OS/c23-19(15-5-2-1-3-6-15)22-20(24)21-17-12-11-14-10-9-13-7-4-8-16(17)18(13)14/h1-8,11-12H,9-10H2,(H2,21,22,23,24). The number of amides is 1. The van der Waals surface area contributed by atoms with Gasteiger partial charge in [-0.1, -0.05) is 42.5 Å². The number of benzene rings is 3. The topological polar surface area (TPSA) is 41.1 Å². The molecule has 4 rings (SSSR count). The van der Waals surface area contributed by atoms with Crippen molar-refractivity contribution in [1.29, 1.82) is 0 Å². The number of anilines is 1. The van der Waals surface area contributed by atoms with Crippen molar-refractivity contribution >= 4 is 39.7 Å². The first-order chi connectivity index (χ1) is 11.7. The summed E-state index contributed by atoms with van der Waals surface area (Å²) in [5.74, 6) is -0.209. The maximum absolute atomic E-state index is 12.2. The van der Waals surface area contributed by atoms with Gasteiger partial charge in [-0.15, -0.1) is 0 Å².